The number of benzene rings is 1. The van der Waals surface area contributed by atoms with Gasteiger partial charge in [0.1, 0.15) is 0 Å². The van der Waals surface area contributed by atoms with E-state index in [2.05, 4.69) is 15.9 Å². The minimum absolute atomic E-state index is 0.0856. The van der Waals surface area contributed by atoms with Crippen LogP contribution in [0.15, 0.2) is 45.9 Å². The monoisotopic (exact) mass is 327 g/mol. The smallest absolute Gasteiger partial charge is 0.268 e. The predicted octanol–water partition coefficient (Wildman–Crippen LogP) is 2.61. The third-order valence-electron chi connectivity index (χ3n) is 2.48. The number of aldehydes is 1. The van der Waals surface area contributed by atoms with Gasteiger partial charge in [0.2, 0.25) is 0 Å². The fourth-order valence-electron chi connectivity index (χ4n) is 1.55. The molecule has 0 saturated heterocycles. The van der Waals surface area contributed by atoms with Crippen LogP contribution >= 0.6 is 15.9 Å². The molecule has 0 atom stereocenters. The third-order valence-corrected chi connectivity index (χ3v) is 4.62. The van der Waals surface area contributed by atoms with Gasteiger partial charge in [-0.1, -0.05) is 17.7 Å². The van der Waals surface area contributed by atoms with Crippen molar-refractivity contribution in [3.05, 3.63) is 52.3 Å². The maximum atomic E-state index is 12.3. The molecule has 1 aromatic heterocycles. The van der Waals surface area contributed by atoms with E-state index >= 15 is 0 Å². The molecule has 0 aliphatic rings. The number of aromatic nitrogens is 1. The van der Waals surface area contributed by atoms with E-state index in [4.69, 9.17) is 0 Å². The van der Waals surface area contributed by atoms with Gasteiger partial charge in [-0.15, -0.1) is 0 Å². The van der Waals surface area contributed by atoms with Crippen molar-refractivity contribution in [1.82, 2.24) is 3.97 Å². The van der Waals surface area contributed by atoms with E-state index in [1.54, 1.807) is 12.1 Å². The zero-order chi connectivity index (χ0) is 13.3. The summed E-state index contributed by atoms with van der Waals surface area (Å²) in [4.78, 5) is 11.0. The van der Waals surface area contributed by atoms with Crippen LogP contribution < -0.4 is 0 Å². The SMILES string of the molecule is Cc1ccc(S(=O)(=O)n2cc(Br)cc2C=O)cc1. The number of carbonyl (C=O) groups excluding carboxylic acids is 1. The van der Waals surface area contributed by atoms with E-state index in [9.17, 15) is 13.2 Å². The van der Waals surface area contributed by atoms with E-state index in [0.717, 1.165) is 9.54 Å². The van der Waals surface area contributed by atoms with E-state index in [1.165, 1.54) is 24.4 Å². The van der Waals surface area contributed by atoms with Gasteiger partial charge in [0, 0.05) is 10.7 Å². The largest absolute Gasteiger partial charge is 0.296 e. The molecule has 6 heteroatoms. The molecular formula is C12H10BrNO3S. The lowest BCUT2D eigenvalue weighted by atomic mass is 10.2. The number of aryl methyl sites for hydroxylation is 1. The van der Waals surface area contributed by atoms with Gasteiger partial charge in [-0.05, 0) is 41.1 Å². The molecule has 0 saturated carbocycles. The molecule has 0 fully saturated rings. The summed E-state index contributed by atoms with van der Waals surface area (Å²) in [6, 6.07) is 7.93. The molecule has 2 rings (SSSR count). The third kappa shape index (κ3) is 2.26. The molecule has 0 radical (unpaired) electrons. The maximum Gasteiger partial charge on any atom is 0.268 e. The van der Waals surface area contributed by atoms with Gasteiger partial charge in [-0.2, -0.15) is 0 Å². The minimum Gasteiger partial charge on any atom is -0.296 e. The van der Waals surface area contributed by atoms with E-state index in [1.807, 2.05) is 6.92 Å². The van der Waals surface area contributed by atoms with E-state index in [0.29, 0.717) is 10.8 Å². The fraction of sp³-hybridized carbons (Fsp3) is 0.0833. The van der Waals surface area contributed by atoms with Crippen molar-refractivity contribution in [2.45, 2.75) is 11.8 Å². The van der Waals surface area contributed by atoms with Gasteiger partial charge in [-0.25, -0.2) is 12.4 Å². The highest BCUT2D eigenvalue weighted by Gasteiger charge is 2.20. The van der Waals surface area contributed by atoms with Crippen LogP contribution in [0.2, 0.25) is 0 Å². The first kappa shape index (κ1) is 13.0. The average molecular weight is 328 g/mol. The lowest BCUT2D eigenvalue weighted by Crippen LogP contribution is -2.14. The van der Waals surface area contributed by atoms with Crippen LogP contribution in [0.1, 0.15) is 16.1 Å². The van der Waals surface area contributed by atoms with Crippen molar-refractivity contribution in [3.63, 3.8) is 0 Å². The molecule has 94 valence electrons. The Labute approximate surface area is 113 Å². The van der Waals surface area contributed by atoms with Crippen molar-refractivity contribution in [3.8, 4) is 0 Å². The van der Waals surface area contributed by atoms with Crippen molar-refractivity contribution >= 4 is 32.2 Å². The molecule has 1 aromatic carbocycles. The van der Waals surface area contributed by atoms with Crippen molar-refractivity contribution in [1.29, 1.82) is 0 Å². The highest BCUT2D eigenvalue weighted by atomic mass is 79.9. The first-order valence-electron chi connectivity index (χ1n) is 5.10. The fourth-order valence-corrected chi connectivity index (χ4v) is 3.45. The second kappa shape index (κ2) is 4.70. The second-order valence-corrected chi connectivity index (χ2v) is 6.55. The highest BCUT2D eigenvalue weighted by Crippen LogP contribution is 2.21. The summed E-state index contributed by atoms with van der Waals surface area (Å²) in [5.74, 6) is 0. The molecule has 0 aliphatic carbocycles. The van der Waals surface area contributed by atoms with Crippen LogP contribution in [0.25, 0.3) is 0 Å². The number of halogens is 1. The molecule has 1 heterocycles. The van der Waals surface area contributed by atoms with Gasteiger partial charge >= 0.3 is 0 Å². The quantitative estimate of drug-likeness (QED) is 0.814. The number of hydrogen-bond donors (Lipinski definition) is 0. The minimum atomic E-state index is -3.72. The Morgan fingerprint density at radius 3 is 2.39 bits per heavy atom. The molecule has 18 heavy (non-hydrogen) atoms. The van der Waals surface area contributed by atoms with Crippen LogP contribution in [0.3, 0.4) is 0 Å². The van der Waals surface area contributed by atoms with Crippen LogP contribution in [0.5, 0.6) is 0 Å². The zero-order valence-electron chi connectivity index (χ0n) is 9.50. The molecule has 0 amide bonds. The Hall–Kier alpha value is -1.40. The second-order valence-electron chi connectivity index (χ2n) is 3.81. The van der Waals surface area contributed by atoms with Gasteiger partial charge in [0.05, 0.1) is 10.6 Å². The summed E-state index contributed by atoms with van der Waals surface area (Å²) in [5, 5.41) is 0. The summed E-state index contributed by atoms with van der Waals surface area (Å²) in [5.41, 5.74) is 1.06. The topological polar surface area (TPSA) is 56.1 Å². The maximum absolute atomic E-state index is 12.3. The molecule has 0 N–H and O–H groups in total. The molecule has 0 unspecified atom stereocenters. The Balaban J connectivity index is 2.61. The van der Waals surface area contributed by atoms with Crippen molar-refractivity contribution in [2.75, 3.05) is 0 Å². The van der Waals surface area contributed by atoms with Crippen LogP contribution in [-0.4, -0.2) is 18.7 Å². The average Bonchev–Trinajstić information content (AvgIpc) is 2.72. The standard InChI is InChI=1S/C12H10BrNO3S/c1-9-2-4-12(5-3-9)18(16,17)14-7-10(13)6-11(14)8-15/h2-8H,1H3. The van der Waals surface area contributed by atoms with Crippen molar-refractivity contribution in [2.24, 2.45) is 0 Å². The van der Waals surface area contributed by atoms with E-state index in [-0.39, 0.29) is 10.6 Å². The number of carbonyl (C=O) groups is 1. The lowest BCUT2D eigenvalue weighted by Gasteiger charge is -2.07. The number of hydrogen-bond acceptors (Lipinski definition) is 3. The Kier molecular flexibility index (Phi) is 3.41. The Bertz CT molecular complexity index is 687. The first-order valence-corrected chi connectivity index (χ1v) is 7.34. The number of rotatable bonds is 3. The summed E-state index contributed by atoms with van der Waals surface area (Å²) in [6.45, 7) is 1.87. The van der Waals surface area contributed by atoms with Gasteiger partial charge in [0.15, 0.2) is 6.29 Å². The molecule has 4 nitrogen and oxygen atoms in total. The molecule has 0 spiro atoms. The normalized spacial score (nSPS) is 11.4. The number of nitrogens with zero attached hydrogens (tertiary/aromatic N) is 1. The molecule has 2 aromatic rings. The summed E-state index contributed by atoms with van der Waals surface area (Å²) >= 11 is 3.16. The Morgan fingerprint density at radius 2 is 1.83 bits per heavy atom. The lowest BCUT2D eigenvalue weighted by molar-refractivity contribution is 0.111. The molecular weight excluding hydrogens is 318 g/mol. The van der Waals surface area contributed by atoms with Gasteiger partial charge in [-0.3, -0.25) is 4.79 Å². The molecule has 0 bridgehead atoms. The summed E-state index contributed by atoms with van der Waals surface area (Å²) in [6.07, 6.45) is 1.87. The van der Waals surface area contributed by atoms with Gasteiger partial charge in [0.25, 0.3) is 10.0 Å². The predicted molar refractivity (Wildman–Crippen MR) is 71.3 cm³/mol. The summed E-state index contributed by atoms with van der Waals surface area (Å²) < 4.78 is 26.2. The Morgan fingerprint density at radius 1 is 1.22 bits per heavy atom. The summed E-state index contributed by atoms with van der Waals surface area (Å²) in [7, 11) is -3.72. The highest BCUT2D eigenvalue weighted by molar-refractivity contribution is 9.10. The zero-order valence-corrected chi connectivity index (χ0v) is 11.9. The van der Waals surface area contributed by atoms with Crippen LogP contribution in [0.4, 0.5) is 0 Å². The molecule has 0 aliphatic heterocycles. The van der Waals surface area contributed by atoms with E-state index < -0.39 is 10.0 Å². The van der Waals surface area contributed by atoms with Crippen LogP contribution in [0, 0.1) is 6.92 Å². The van der Waals surface area contributed by atoms with Gasteiger partial charge < -0.3 is 0 Å². The first-order chi connectivity index (χ1) is 8.45. The van der Waals surface area contributed by atoms with Crippen molar-refractivity contribution < 1.29 is 13.2 Å². The van der Waals surface area contributed by atoms with Crippen LogP contribution in [-0.2, 0) is 10.0 Å².